The fraction of sp³-hybridized carbons (Fsp3) is 0.391. The van der Waals surface area contributed by atoms with Crippen molar-refractivity contribution in [3.8, 4) is 0 Å². The van der Waals surface area contributed by atoms with Crippen molar-refractivity contribution in [2.75, 3.05) is 0 Å². The van der Waals surface area contributed by atoms with Gasteiger partial charge in [-0.15, -0.1) is 0 Å². The van der Waals surface area contributed by atoms with E-state index in [0.29, 0.717) is 38.1 Å². The second-order valence-corrected chi connectivity index (χ2v) is 10.2. The fourth-order valence-corrected chi connectivity index (χ4v) is 5.72. The molecule has 1 saturated carbocycles. The Morgan fingerprint density at radius 1 is 1.06 bits per heavy atom. The van der Waals surface area contributed by atoms with Crippen LogP contribution in [0.4, 0.5) is 13.2 Å². The molecule has 1 aliphatic heterocycles. The van der Waals surface area contributed by atoms with E-state index >= 15 is 0 Å². The van der Waals surface area contributed by atoms with E-state index in [1.54, 1.807) is 11.8 Å². The second-order valence-electron chi connectivity index (χ2n) is 8.49. The average Bonchev–Trinajstić information content (AvgIpc) is 3.00. The lowest BCUT2D eigenvalue weighted by molar-refractivity contribution is -0.137. The monoisotopic (exact) mass is 479 g/mol. The summed E-state index contributed by atoms with van der Waals surface area (Å²) in [5, 5.41) is 0. The van der Waals surface area contributed by atoms with Gasteiger partial charge in [0, 0.05) is 6.04 Å². The molecule has 2 aliphatic rings. The molecule has 10 heteroatoms. The van der Waals surface area contributed by atoms with Crippen LogP contribution >= 0.6 is 0 Å². The summed E-state index contributed by atoms with van der Waals surface area (Å²) in [6.45, 7) is 2.23. The lowest BCUT2D eigenvalue weighted by Crippen LogP contribution is -2.48. The maximum absolute atomic E-state index is 13.2. The van der Waals surface area contributed by atoms with Gasteiger partial charge in [0.25, 0.3) is 5.91 Å². The Kier molecular flexibility index (Phi) is 6.09. The summed E-state index contributed by atoms with van der Waals surface area (Å²) < 4.78 is 66.1. The van der Waals surface area contributed by atoms with Crippen molar-refractivity contribution in [2.45, 2.75) is 61.8 Å². The van der Waals surface area contributed by atoms with Gasteiger partial charge in [-0.2, -0.15) is 13.2 Å². The van der Waals surface area contributed by atoms with Crippen LogP contribution in [0, 0.1) is 0 Å². The van der Waals surface area contributed by atoms with E-state index in [4.69, 9.17) is 0 Å². The summed E-state index contributed by atoms with van der Waals surface area (Å²) in [7, 11) is -3.98. The van der Waals surface area contributed by atoms with Gasteiger partial charge in [-0.1, -0.05) is 30.3 Å². The van der Waals surface area contributed by atoms with E-state index in [9.17, 15) is 26.4 Å². The molecule has 0 bridgehead atoms. The van der Waals surface area contributed by atoms with Gasteiger partial charge in [0.1, 0.15) is 11.4 Å². The molecular formula is C23H24F3N3O3S. The van der Waals surface area contributed by atoms with E-state index < -0.39 is 33.3 Å². The molecule has 1 fully saturated rings. The van der Waals surface area contributed by atoms with Gasteiger partial charge in [-0.05, 0) is 62.4 Å². The number of hydrogen-bond acceptors (Lipinski definition) is 4. The fourth-order valence-electron chi connectivity index (χ4n) is 4.42. The molecule has 33 heavy (non-hydrogen) atoms. The van der Waals surface area contributed by atoms with Crippen LogP contribution in [-0.4, -0.2) is 36.6 Å². The molecule has 1 amide bonds. The third-order valence-corrected chi connectivity index (χ3v) is 7.76. The lowest BCUT2D eigenvalue weighted by atomic mass is 9.80. The van der Waals surface area contributed by atoms with E-state index in [1.807, 2.05) is 30.3 Å². The Morgan fingerprint density at radius 3 is 2.24 bits per heavy atom. The highest BCUT2D eigenvalue weighted by atomic mass is 32.2. The Bertz CT molecular complexity index is 1150. The van der Waals surface area contributed by atoms with E-state index in [2.05, 4.69) is 9.71 Å². The molecule has 0 saturated heterocycles. The number of nitrogens with zero attached hydrogens (tertiary/aromatic N) is 2. The van der Waals surface area contributed by atoms with E-state index in [1.165, 1.54) is 0 Å². The molecule has 1 heterocycles. The number of halogens is 3. The number of sulfonamides is 1. The minimum absolute atomic E-state index is 0.0760. The van der Waals surface area contributed by atoms with Crippen molar-refractivity contribution >= 4 is 21.8 Å². The molecule has 0 unspecified atom stereocenters. The van der Waals surface area contributed by atoms with Crippen LogP contribution in [0.5, 0.6) is 0 Å². The summed E-state index contributed by atoms with van der Waals surface area (Å²) in [5.41, 5.74) is -0.792. The predicted octanol–water partition coefficient (Wildman–Crippen LogP) is 4.13. The van der Waals surface area contributed by atoms with Crippen molar-refractivity contribution < 1.29 is 26.4 Å². The van der Waals surface area contributed by atoms with E-state index in [-0.39, 0.29) is 10.8 Å². The van der Waals surface area contributed by atoms with Gasteiger partial charge in [-0.25, -0.2) is 13.1 Å². The highest BCUT2D eigenvalue weighted by molar-refractivity contribution is 7.89. The zero-order chi connectivity index (χ0) is 23.9. The maximum Gasteiger partial charge on any atom is 0.416 e. The first-order valence-corrected chi connectivity index (χ1v) is 12.1. The van der Waals surface area contributed by atoms with Crippen LogP contribution in [-0.2, 0) is 27.5 Å². The molecular weight excluding hydrogens is 455 g/mol. The normalized spacial score (nSPS) is 23.8. The predicted molar refractivity (Wildman–Crippen MR) is 117 cm³/mol. The number of amides is 1. The van der Waals surface area contributed by atoms with Crippen molar-refractivity contribution in [3.05, 3.63) is 65.7 Å². The highest BCUT2D eigenvalue weighted by Gasteiger charge is 2.49. The molecule has 0 atom stereocenters. The van der Waals surface area contributed by atoms with Gasteiger partial charge >= 0.3 is 6.18 Å². The highest BCUT2D eigenvalue weighted by Crippen LogP contribution is 2.38. The van der Waals surface area contributed by atoms with Gasteiger partial charge in [0.2, 0.25) is 10.0 Å². The number of rotatable bonds is 5. The first kappa shape index (κ1) is 23.4. The summed E-state index contributed by atoms with van der Waals surface area (Å²) in [6, 6.07) is 12.6. The summed E-state index contributed by atoms with van der Waals surface area (Å²) in [4.78, 5) is 19.3. The number of benzene rings is 2. The molecule has 6 nitrogen and oxygen atoms in total. The van der Waals surface area contributed by atoms with Gasteiger partial charge in [0.05, 0.1) is 17.0 Å². The standard InChI is InChI=1S/C23H24F3N3O3S/c1-16-27-22(21(30)29(16)15-17-5-3-2-4-6-17)13-11-19(12-14-22)28-33(31,32)20-9-7-18(8-10-20)23(24,25)26/h2-10,19,28H,11-15H2,1H3. The minimum atomic E-state index is -4.53. The zero-order valence-electron chi connectivity index (χ0n) is 18.0. The number of aliphatic imine (C=N–C) groups is 1. The molecule has 0 radical (unpaired) electrons. The largest absolute Gasteiger partial charge is 0.416 e. The van der Waals surface area contributed by atoms with Gasteiger partial charge < -0.3 is 0 Å². The Labute approximate surface area is 190 Å². The SMILES string of the molecule is CC1=NC2(CCC(NS(=O)(=O)c3ccc(C(F)(F)F)cc3)CC2)C(=O)N1Cc1ccccc1. The van der Waals surface area contributed by atoms with Crippen molar-refractivity contribution in [2.24, 2.45) is 4.99 Å². The average molecular weight is 480 g/mol. The number of hydrogen-bond donors (Lipinski definition) is 1. The quantitative estimate of drug-likeness (QED) is 0.701. The van der Waals surface area contributed by atoms with Crippen LogP contribution in [0.3, 0.4) is 0 Å². The Hall–Kier alpha value is -2.72. The molecule has 1 spiro atoms. The van der Waals surface area contributed by atoms with Gasteiger partial charge in [0.15, 0.2) is 0 Å². The second kappa shape index (κ2) is 8.57. The summed E-state index contributed by atoms with van der Waals surface area (Å²) in [5.74, 6) is 0.570. The third-order valence-electron chi connectivity index (χ3n) is 6.22. The molecule has 2 aromatic rings. The van der Waals surface area contributed by atoms with Crippen LogP contribution in [0.1, 0.15) is 43.7 Å². The first-order chi connectivity index (χ1) is 15.5. The zero-order valence-corrected chi connectivity index (χ0v) is 18.8. The molecule has 2 aromatic carbocycles. The first-order valence-electron chi connectivity index (χ1n) is 10.6. The third kappa shape index (κ3) is 4.81. The topological polar surface area (TPSA) is 78.8 Å². The number of carbonyl (C=O) groups is 1. The molecule has 1 aliphatic carbocycles. The van der Waals surface area contributed by atoms with Crippen molar-refractivity contribution in [1.29, 1.82) is 0 Å². The number of carbonyl (C=O) groups excluding carboxylic acids is 1. The van der Waals surface area contributed by atoms with Crippen molar-refractivity contribution in [3.63, 3.8) is 0 Å². The van der Waals surface area contributed by atoms with Gasteiger partial charge in [-0.3, -0.25) is 14.7 Å². The maximum atomic E-state index is 13.2. The van der Waals surface area contributed by atoms with Crippen LogP contribution in [0.15, 0.2) is 64.5 Å². The molecule has 0 aromatic heterocycles. The number of amidine groups is 1. The summed E-state index contributed by atoms with van der Waals surface area (Å²) in [6.07, 6.45) is -2.93. The molecule has 1 N–H and O–H groups in total. The van der Waals surface area contributed by atoms with Crippen molar-refractivity contribution in [1.82, 2.24) is 9.62 Å². The number of nitrogens with one attached hydrogen (secondary N) is 1. The number of alkyl halides is 3. The molecule has 176 valence electrons. The van der Waals surface area contributed by atoms with Crippen LogP contribution < -0.4 is 4.72 Å². The Balaban J connectivity index is 1.40. The minimum Gasteiger partial charge on any atom is -0.294 e. The van der Waals surface area contributed by atoms with Crippen LogP contribution in [0.2, 0.25) is 0 Å². The smallest absolute Gasteiger partial charge is 0.294 e. The van der Waals surface area contributed by atoms with Crippen LogP contribution in [0.25, 0.3) is 0 Å². The molecule has 4 rings (SSSR count). The summed E-state index contributed by atoms with van der Waals surface area (Å²) >= 11 is 0. The Morgan fingerprint density at radius 2 is 1.67 bits per heavy atom. The van der Waals surface area contributed by atoms with E-state index in [0.717, 1.165) is 29.8 Å². The lowest BCUT2D eigenvalue weighted by Gasteiger charge is -2.34.